The van der Waals surface area contributed by atoms with Gasteiger partial charge in [0.2, 0.25) is 5.91 Å². The molecule has 4 heteroatoms. The van der Waals surface area contributed by atoms with Crippen molar-refractivity contribution in [1.82, 2.24) is 14.5 Å². The largest absolute Gasteiger partial charge is 0.333 e. The number of aryl methyl sites for hydroxylation is 1. The van der Waals surface area contributed by atoms with Crippen molar-refractivity contribution < 1.29 is 4.79 Å². The van der Waals surface area contributed by atoms with Crippen molar-refractivity contribution in [2.45, 2.75) is 26.4 Å². The molecular weight excluding hydrogens is 238 g/mol. The Hall–Kier alpha value is -2.10. The van der Waals surface area contributed by atoms with Crippen LogP contribution in [-0.4, -0.2) is 26.9 Å². The highest BCUT2D eigenvalue weighted by molar-refractivity contribution is 5.79. The third-order valence-corrected chi connectivity index (χ3v) is 3.70. The minimum Gasteiger partial charge on any atom is -0.333 e. The zero-order valence-corrected chi connectivity index (χ0v) is 11.0. The zero-order valence-electron chi connectivity index (χ0n) is 11.0. The van der Waals surface area contributed by atoms with Crippen molar-refractivity contribution in [3.63, 3.8) is 0 Å². The summed E-state index contributed by atoms with van der Waals surface area (Å²) in [6, 6.07) is 8.06. The first-order valence-corrected chi connectivity index (χ1v) is 6.56. The lowest BCUT2D eigenvalue weighted by molar-refractivity contribution is -0.132. The number of carbonyl (C=O) groups excluding carboxylic acids is 1. The first-order valence-electron chi connectivity index (χ1n) is 6.56. The number of nitrogens with zero attached hydrogens (tertiary/aromatic N) is 3. The summed E-state index contributed by atoms with van der Waals surface area (Å²) in [6.07, 6.45) is 4.25. The number of carbonyl (C=O) groups is 1. The lowest BCUT2D eigenvalue weighted by Gasteiger charge is -2.28. The van der Waals surface area contributed by atoms with E-state index in [2.05, 4.69) is 9.55 Å². The number of fused-ring (bicyclic) bond motifs is 1. The fourth-order valence-electron chi connectivity index (χ4n) is 2.47. The van der Waals surface area contributed by atoms with Crippen LogP contribution >= 0.6 is 0 Å². The van der Waals surface area contributed by atoms with Gasteiger partial charge in [-0.15, -0.1) is 0 Å². The SMILES string of the molecule is Cc1ccccc1CC(=O)N1CCn2ccnc2C1. The van der Waals surface area contributed by atoms with Crippen LogP contribution in [0.15, 0.2) is 36.7 Å². The van der Waals surface area contributed by atoms with Crippen LogP contribution in [0.3, 0.4) is 0 Å². The maximum Gasteiger partial charge on any atom is 0.227 e. The average Bonchev–Trinajstić information content (AvgIpc) is 2.88. The van der Waals surface area contributed by atoms with Crippen molar-refractivity contribution in [3.05, 3.63) is 53.6 Å². The molecule has 2 aromatic rings. The Kier molecular flexibility index (Phi) is 3.07. The van der Waals surface area contributed by atoms with Gasteiger partial charge in [0, 0.05) is 25.5 Å². The Balaban J connectivity index is 1.71. The summed E-state index contributed by atoms with van der Waals surface area (Å²) in [5.74, 6) is 1.16. The van der Waals surface area contributed by atoms with Crippen LogP contribution in [0.25, 0.3) is 0 Å². The van der Waals surface area contributed by atoms with E-state index in [0.29, 0.717) is 13.0 Å². The predicted molar refractivity (Wildman–Crippen MR) is 72.5 cm³/mol. The first kappa shape index (κ1) is 12.0. The highest BCUT2D eigenvalue weighted by Crippen LogP contribution is 2.14. The van der Waals surface area contributed by atoms with E-state index in [9.17, 15) is 4.79 Å². The molecule has 19 heavy (non-hydrogen) atoms. The Morgan fingerprint density at radius 1 is 1.32 bits per heavy atom. The quantitative estimate of drug-likeness (QED) is 0.820. The Morgan fingerprint density at radius 2 is 2.16 bits per heavy atom. The fourth-order valence-corrected chi connectivity index (χ4v) is 2.47. The second-order valence-electron chi connectivity index (χ2n) is 4.96. The van der Waals surface area contributed by atoms with Crippen LogP contribution in [0.4, 0.5) is 0 Å². The van der Waals surface area contributed by atoms with Crippen molar-refractivity contribution >= 4 is 5.91 Å². The molecular formula is C15H17N3O. The van der Waals surface area contributed by atoms with Gasteiger partial charge in [0.15, 0.2) is 0 Å². The summed E-state index contributed by atoms with van der Waals surface area (Å²) >= 11 is 0. The third-order valence-electron chi connectivity index (χ3n) is 3.70. The van der Waals surface area contributed by atoms with E-state index >= 15 is 0 Å². The van der Waals surface area contributed by atoms with E-state index < -0.39 is 0 Å². The van der Waals surface area contributed by atoms with Crippen LogP contribution in [0.5, 0.6) is 0 Å². The van der Waals surface area contributed by atoms with E-state index in [0.717, 1.165) is 24.5 Å². The van der Waals surface area contributed by atoms with Crippen LogP contribution in [0, 0.1) is 6.92 Å². The van der Waals surface area contributed by atoms with Gasteiger partial charge in [-0.3, -0.25) is 4.79 Å². The molecule has 0 bridgehead atoms. The van der Waals surface area contributed by atoms with Crippen molar-refractivity contribution in [3.8, 4) is 0 Å². The van der Waals surface area contributed by atoms with Crippen LogP contribution in [-0.2, 0) is 24.3 Å². The Bertz CT molecular complexity index is 603. The molecule has 4 nitrogen and oxygen atoms in total. The van der Waals surface area contributed by atoms with Crippen molar-refractivity contribution in [1.29, 1.82) is 0 Å². The van der Waals surface area contributed by atoms with E-state index in [-0.39, 0.29) is 5.91 Å². The van der Waals surface area contributed by atoms with Crippen LogP contribution in [0.2, 0.25) is 0 Å². The van der Waals surface area contributed by atoms with E-state index in [1.54, 1.807) is 6.20 Å². The molecule has 1 aliphatic rings. The molecule has 98 valence electrons. The topological polar surface area (TPSA) is 38.1 Å². The van der Waals surface area contributed by atoms with Gasteiger partial charge in [-0.25, -0.2) is 4.98 Å². The number of amides is 1. The van der Waals surface area contributed by atoms with Gasteiger partial charge in [-0.2, -0.15) is 0 Å². The first-order chi connectivity index (χ1) is 9.24. The Morgan fingerprint density at radius 3 is 3.00 bits per heavy atom. The molecule has 0 atom stereocenters. The van der Waals surface area contributed by atoms with Gasteiger partial charge in [0.05, 0.1) is 13.0 Å². The fraction of sp³-hybridized carbons (Fsp3) is 0.333. The van der Waals surface area contributed by atoms with Crippen molar-refractivity contribution in [2.24, 2.45) is 0 Å². The molecule has 1 amide bonds. The lowest BCUT2D eigenvalue weighted by atomic mass is 10.1. The molecule has 1 aliphatic heterocycles. The van der Waals surface area contributed by atoms with Crippen molar-refractivity contribution in [2.75, 3.05) is 6.54 Å². The van der Waals surface area contributed by atoms with Gasteiger partial charge in [-0.05, 0) is 18.1 Å². The van der Waals surface area contributed by atoms with Gasteiger partial charge < -0.3 is 9.47 Å². The molecule has 1 aromatic heterocycles. The summed E-state index contributed by atoms with van der Waals surface area (Å²) < 4.78 is 2.11. The molecule has 0 unspecified atom stereocenters. The number of benzene rings is 1. The second-order valence-corrected chi connectivity index (χ2v) is 4.96. The number of imidazole rings is 1. The number of aromatic nitrogens is 2. The zero-order chi connectivity index (χ0) is 13.2. The highest BCUT2D eigenvalue weighted by atomic mass is 16.2. The molecule has 3 rings (SSSR count). The molecule has 0 saturated heterocycles. The smallest absolute Gasteiger partial charge is 0.227 e. The van der Waals surface area contributed by atoms with E-state index in [1.807, 2.05) is 42.3 Å². The summed E-state index contributed by atoms with van der Waals surface area (Å²) in [5, 5.41) is 0. The normalized spacial score (nSPS) is 14.3. The summed E-state index contributed by atoms with van der Waals surface area (Å²) in [5.41, 5.74) is 2.29. The number of hydrogen-bond donors (Lipinski definition) is 0. The molecule has 2 heterocycles. The van der Waals surface area contributed by atoms with E-state index in [1.165, 1.54) is 5.56 Å². The predicted octanol–water partition coefficient (Wildman–Crippen LogP) is 1.78. The van der Waals surface area contributed by atoms with Crippen LogP contribution < -0.4 is 0 Å². The summed E-state index contributed by atoms with van der Waals surface area (Å²) in [7, 11) is 0. The summed E-state index contributed by atoms with van der Waals surface area (Å²) in [4.78, 5) is 18.5. The van der Waals surface area contributed by atoms with Crippen LogP contribution in [0.1, 0.15) is 17.0 Å². The molecule has 1 aromatic carbocycles. The number of rotatable bonds is 2. The Labute approximate surface area is 112 Å². The number of hydrogen-bond acceptors (Lipinski definition) is 2. The van der Waals surface area contributed by atoms with Gasteiger partial charge in [0.1, 0.15) is 5.82 Å². The molecule has 0 fully saturated rings. The molecule has 0 saturated carbocycles. The van der Waals surface area contributed by atoms with Gasteiger partial charge >= 0.3 is 0 Å². The molecule has 0 spiro atoms. The second kappa shape index (κ2) is 4.88. The maximum atomic E-state index is 12.3. The lowest BCUT2D eigenvalue weighted by Crippen LogP contribution is -2.39. The minimum atomic E-state index is 0.184. The maximum absolute atomic E-state index is 12.3. The average molecular weight is 255 g/mol. The third kappa shape index (κ3) is 2.38. The standard InChI is InChI=1S/C15H17N3O/c1-12-4-2-3-5-13(12)10-15(19)18-9-8-17-7-6-16-14(17)11-18/h2-7H,8-11H2,1H3. The minimum absolute atomic E-state index is 0.184. The summed E-state index contributed by atoms with van der Waals surface area (Å²) in [6.45, 7) is 4.28. The monoisotopic (exact) mass is 255 g/mol. The van der Waals surface area contributed by atoms with Gasteiger partial charge in [-0.1, -0.05) is 24.3 Å². The molecule has 0 N–H and O–H groups in total. The van der Waals surface area contributed by atoms with E-state index in [4.69, 9.17) is 0 Å². The highest BCUT2D eigenvalue weighted by Gasteiger charge is 2.21. The molecule has 0 radical (unpaired) electrons. The molecule has 0 aliphatic carbocycles. The van der Waals surface area contributed by atoms with Gasteiger partial charge in [0.25, 0.3) is 0 Å².